The molecular formula is C12H20ClN3O. The van der Waals surface area contributed by atoms with Crippen molar-refractivity contribution in [3.8, 4) is 0 Å². The SMILES string of the molecule is CN(C)CCn1ncc(Cl)c1C(C)(O)C1CC1. The van der Waals surface area contributed by atoms with E-state index in [1.165, 1.54) is 0 Å². The highest BCUT2D eigenvalue weighted by molar-refractivity contribution is 6.31. The lowest BCUT2D eigenvalue weighted by molar-refractivity contribution is 0.0236. The normalized spacial score (nSPS) is 19.6. The number of hydrogen-bond donors (Lipinski definition) is 1. The highest BCUT2D eigenvalue weighted by Gasteiger charge is 2.44. The van der Waals surface area contributed by atoms with Crippen molar-refractivity contribution in [1.82, 2.24) is 14.7 Å². The predicted molar refractivity (Wildman–Crippen MR) is 68.1 cm³/mol. The Morgan fingerprint density at radius 1 is 1.59 bits per heavy atom. The summed E-state index contributed by atoms with van der Waals surface area (Å²) in [5, 5.41) is 15.4. The van der Waals surface area contributed by atoms with Gasteiger partial charge in [0.2, 0.25) is 0 Å². The molecule has 1 aromatic heterocycles. The topological polar surface area (TPSA) is 41.3 Å². The molecule has 0 aromatic carbocycles. The molecule has 1 unspecified atom stereocenters. The standard InChI is InChI=1S/C12H20ClN3O/c1-12(17,9-4-5-9)11-10(13)8-14-16(11)7-6-15(2)3/h8-9,17H,4-7H2,1-3H3. The predicted octanol–water partition coefficient (Wildman–Crippen LogP) is 1.72. The lowest BCUT2D eigenvalue weighted by Crippen LogP contribution is -2.30. The van der Waals surface area contributed by atoms with Gasteiger partial charge in [-0.3, -0.25) is 4.68 Å². The van der Waals surface area contributed by atoms with Gasteiger partial charge in [0, 0.05) is 6.54 Å². The van der Waals surface area contributed by atoms with Crippen LogP contribution in [0.3, 0.4) is 0 Å². The molecule has 4 nitrogen and oxygen atoms in total. The summed E-state index contributed by atoms with van der Waals surface area (Å²) < 4.78 is 1.83. The van der Waals surface area contributed by atoms with Crippen LogP contribution in [0.25, 0.3) is 0 Å². The summed E-state index contributed by atoms with van der Waals surface area (Å²) in [6.07, 6.45) is 3.77. The van der Waals surface area contributed by atoms with Gasteiger partial charge in [-0.15, -0.1) is 0 Å². The first-order chi connectivity index (χ1) is 7.93. The van der Waals surface area contributed by atoms with Crippen LogP contribution >= 0.6 is 11.6 Å². The summed E-state index contributed by atoms with van der Waals surface area (Å²) in [4.78, 5) is 2.09. The fraction of sp³-hybridized carbons (Fsp3) is 0.750. The minimum Gasteiger partial charge on any atom is -0.384 e. The fourth-order valence-electron chi connectivity index (χ4n) is 2.17. The quantitative estimate of drug-likeness (QED) is 0.873. The Balaban J connectivity index is 2.22. The van der Waals surface area contributed by atoms with Crippen LogP contribution < -0.4 is 0 Å². The number of nitrogens with zero attached hydrogens (tertiary/aromatic N) is 3. The van der Waals surface area contributed by atoms with E-state index in [4.69, 9.17) is 11.6 Å². The molecule has 1 aromatic rings. The molecule has 0 radical (unpaired) electrons. The van der Waals surface area contributed by atoms with Gasteiger partial charge < -0.3 is 10.0 Å². The molecule has 1 saturated carbocycles. The minimum atomic E-state index is -0.847. The van der Waals surface area contributed by atoms with Crippen molar-refractivity contribution in [2.24, 2.45) is 5.92 Å². The van der Waals surface area contributed by atoms with Gasteiger partial charge in [0.05, 0.1) is 23.5 Å². The van der Waals surface area contributed by atoms with Crippen LogP contribution in [0.15, 0.2) is 6.20 Å². The maximum Gasteiger partial charge on any atom is 0.108 e. The smallest absolute Gasteiger partial charge is 0.108 e. The van der Waals surface area contributed by atoms with Gasteiger partial charge in [-0.1, -0.05) is 11.6 Å². The van der Waals surface area contributed by atoms with Crippen molar-refractivity contribution >= 4 is 11.6 Å². The number of aliphatic hydroxyl groups is 1. The largest absolute Gasteiger partial charge is 0.384 e. The van der Waals surface area contributed by atoms with E-state index in [2.05, 4.69) is 10.00 Å². The number of aromatic nitrogens is 2. The molecule has 1 heterocycles. The van der Waals surface area contributed by atoms with E-state index in [1.807, 2.05) is 25.7 Å². The summed E-state index contributed by atoms with van der Waals surface area (Å²) in [5.74, 6) is 0.329. The van der Waals surface area contributed by atoms with E-state index in [0.717, 1.165) is 31.6 Å². The van der Waals surface area contributed by atoms with Crippen molar-refractivity contribution in [3.63, 3.8) is 0 Å². The van der Waals surface area contributed by atoms with Crippen LogP contribution in [0.5, 0.6) is 0 Å². The first-order valence-corrected chi connectivity index (χ1v) is 6.39. The van der Waals surface area contributed by atoms with Gasteiger partial charge in [-0.05, 0) is 39.8 Å². The molecule has 1 aliphatic carbocycles. The second-order valence-corrected chi connectivity index (χ2v) is 5.70. The molecule has 96 valence electrons. The third kappa shape index (κ3) is 2.64. The van der Waals surface area contributed by atoms with Crippen LogP contribution in [0, 0.1) is 5.92 Å². The first-order valence-electron chi connectivity index (χ1n) is 6.02. The van der Waals surface area contributed by atoms with Crippen LogP contribution in [0.4, 0.5) is 0 Å². The van der Waals surface area contributed by atoms with Crippen molar-refractivity contribution in [3.05, 3.63) is 16.9 Å². The Morgan fingerprint density at radius 3 is 2.76 bits per heavy atom. The van der Waals surface area contributed by atoms with E-state index in [0.29, 0.717) is 10.9 Å². The average molecular weight is 258 g/mol. The van der Waals surface area contributed by atoms with Gasteiger partial charge in [-0.2, -0.15) is 5.10 Å². The molecule has 17 heavy (non-hydrogen) atoms. The summed E-state index contributed by atoms with van der Waals surface area (Å²) in [5.41, 5.74) is -0.0802. The molecule has 1 aliphatic rings. The average Bonchev–Trinajstić information content (AvgIpc) is 3.00. The summed E-state index contributed by atoms with van der Waals surface area (Å²) in [6.45, 7) is 3.48. The summed E-state index contributed by atoms with van der Waals surface area (Å²) >= 11 is 6.16. The Kier molecular flexibility index (Phi) is 3.48. The molecule has 0 aliphatic heterocycles. The number of likely N-dealkylation sites (N-methyl/N-ethyl adjacent to an activating group) is 1. The Labute approximate surface area is 107 Å². The summed E-state index contributed by atoms with van der Waals surface area (Å²) in [7, 11) is 4.04. The molecule has 1 N–H and O–H groups in total. The van der Waals surface area contributed by atoms with E-state index >= 15 is 0 Å². The van der Waals surface area contributed by atoms with Crippen LogP contribution in [0.1, 0.15) is 25.5 Å². The third-order valence-corrected chi connectivity index (χ3v) is 3.68. The monoisotopic (exact) mass is 257 g/mol. The Bertz CT molecular complexity index is 396. The number of hydrogen-bond acceptors (Lipinski definition) is 3. The molecule has 2 rings (SSSR count). The van der Waals surface area contributed by atoms with Crippen molar-refractivity contribution in [2.45, 2.75) is 31.9 Å². The lowest BCUT2D eigenvalue weighted by Gasteiger charge is -2.25. The van der Waals surface area contributed by atoms with Crippen LogP contribution in [0.2, 0.25) is 5.02 Å². The second kappa shape index (κ2) is 4.59. The highest BCUT2D eigenvalue weighted by Crippen LogP contribution is 2.47. The Hall–Kier alpha value is -0.580. The zero-order chi connectivity index (χ0) is 12.6. The molecule has 0 saturated heterocycles. The zero-order valence-electron chi connectivity index (χ0n) is 10.6. The van der Waals surface area contributed by atoms with E-state index < -0.39 is 5.60 Å². The summed E-state index contributed by atoms with van der Waals surface area (Å²) in [6, 6.07) is 0. The molecule has 0 spiro atoms. The van der Waals surface area contributed by atoms with Gasteiger partial charge in [0.1, 0.15) is 5.60 Å². The lowest BCUT2D eigenvalue weighted by atomic mass is 9.96. The molecule has 0 amide bonds. The molecule has 1 fully saturated rings. The van der Waals surface area contributed by atoms with Gasteiger partial charge in [0.15, 0.2) is 0 Å². The minimum absolute atomic E-state index is 0.329. The van der Waals surface area contributed by atoms with Crippen molar-refractivity contribution in [2.75, 3.05) is 20.6 Å². The van der Waals surface area contributed by atoms with Crippen LogP contribution in [-0.2, 0) is 12.1 Å². The van der Waals surface area contributed by atoms with E-state index in [1.54, 1.807) is 6.20 Å². The maximum atomic E-state index is 10.6. The van der Waals surface area contributed by atoms with Crippen LogP contribution in [-0.4, -0.2) is 40.4 Å². The zero-order valence-corrected chi connectivity index (χ0v) is 11.4. The van der Waals surface area contributed by atoms with E-state index in [-0.39, 0.29) is 0 Å². The van der Waals surface area contributed by atoms with E-state index in [9.17, 15) is 5.11 Å². The van der Waals surface area contributed by atoms with Crippen molar-refractivity contribution < 1.29 is 5.11 Å². The van der Waals surface area contributed by atoms with Gasteiger partial charge >= 0.3 is 0 Å². The van der Waals surface area contributed by atoms with Crippen molar-refractivity contribution in [1.29, 1.82) is 0 Å². The molecule has 1 atom stereocenters. The van der Waals surface area contributed by atoms with Gasteiger partial charge in [0.25, 0.3) is 0 Å². The Morgan fingerprint density at radius 2 is 2.24 bits per heavy atom. The molecule has 0 bridgehead atoms. The fourth-order valence-corrected chi connectivity index (χ4v) is 2.50. The maximum absolute atomic E-state index is 10.6. The third-order valence-electron chi connectivity index (χ3n) is 3.41. The number of halogens is 1. The second-order valence-electron chi connectivity index (χ2n) is 5.29. The molecule has 5 heteroatoms. The first kappa shape index (κ1) is 12.9. The van der Waals surface area contributed by atoms with Gasteiger partial charge in [-0.25, -0.2) is 0 Å². The highest BCUT2D eigenvalue weighted by atomic mass is 35.5. The molecular weight excluding hydrogens is 238 g/mol. The number of rotatable bonds is 5.